The molecule has 0 radical (unpaired) electrons. The van der Waals surface area contributed by atoms with E-state index in [1.807, 2.05) is 109 Å². The van der Waals surface area contributed by atoms with Crippen LogP contribution in [0.5, 0.6) is 0 Å². The largest absolute Gasteiger partial charge is 0.0654 e. The standard InChI is InChI=1S/C12H18.3C6H6/c1-2-3-4-6-9-12-10-7-5-8-11-12;3*1-2-4-6-5-3-1/h5,7-8,10-11H,2-4,6,9H2,1H3;3*1-6H. The van der Waals surface area contributed by atoms with E-state index >= 15 is 0 Å². The van der Waals surface area contributed by atoms with Crippen LogP contribution >= 0.6 is 0 Å². The average molecular weight is 397 g/mol. The van der Waals surface area contributed by atoms with E-state index in [0.29, 0.717) is 0 Å². The molecule has 0 atom stereocenters. The minimum atomic E-state index is 1.25. The third-order valence-electron chi connectivity index (χ3n) is 4.16. The monoisotopic (exact) mass is 396 g/mol. The molecule has 156 valence electrons. The summed E-state index contributed by atoms with van der Waals surface area (Å²) >= 11 is 0. The van der Waals surface area contributed by atoms with Crippen LogP contribution in [0.15, 0.2) is 140 Å². The highest BCUT2D eigenvalue weighted by molar-refractivity contribution is 5.14. The predicted molar refractivity (Wildman–Crippen MR) is 134 cm³/mol. The maximum atomic E-state index is 2.25. The average Bonchev–Trinajstić information content (AvgIpc) is 2.87. The number of unbranched alkanes of at least 4 members (excludes halogenated alkanes) is 3. The Kier molecular flexibility index (Phi) is 17.1. The van der Waals surface area contributed by atoms with Gasteiger partial charge in [-0.15, -0.1) is 0 Å². The van der Waals surface area contributed by atoms with Crippen molar-refractivity contribution in [2.45, 2.75) is 39.0 Å². The molecule has 30 heavy (non-hydrogen) atoms. The maximum absolute atomic E-state index is 2.25. The number of rotatable bonds is 5. The zero-order valence-electron chi connectivity index (χ0n) is 18.3. The lowest BCUT2D eigenvalue weighted by molar-refractivity contribution is 0.667. The fourth-order valence-electron chi connectivity index (χ4n) is 2.56. The van der Waals surface area contributed by atoms with E-state index in [0.717, 1.165) is 0 Å². The molecule has 0 saturated heterocycles. The van der Waals surface area contributed by atoms with Crippen LogP contribution in [0, 0.1) is 0 Å². The summed E-state index contributed by atoms with van der Waals surface area (Å²) in [4.78, 5) is 0. The summed E-state index contributed by atoms with van der Waals surface area (Å²) in [7, 11) is 0. The van der Waals surface area contributed by atoms with Crippen molar-refractivity contribution in [1.82, 2.24) is 0 Å². The number of hydrogen-bond donors (Lipinski definition) is 0. The van der Waals surface area contributed by atoms with Gasteiger partial charge in [0, 0.05) is 0 Å². The lowest BCUT2D eigenvalue weighted by atomic mass is 10.1. The molecule has 0 fully saturated rings. The van der Waals surface area contributed by atoms with Gasteiger partial charge in [0.2, 0.25) is 0 Å². The Balaban J connectivity index is 0.000000212. The van der Waals surface area contributed by atoms with E-state index in [9.17, 15) is 0 Å². The van der Waals surface area contributed by atoms with E-state index in [1.54, 1.807) is 0 Å². The van der Waals surface area contributed by atoms with Crippen LogP contribution in [0.1, 0.15) is 38.2 Å². The molecular formula is C30H36. The van der Waals surface area contributed by atoms with Crippen LogP contribution in [-0.4, -0.2) is 0 Å². The second kappa shape index (κ2) is 20.6. The van der Waals surface area contributed by atoms with Crippen LogP contribution in [-0.2, 0) is 6.42 Å². The molecule has 0 bridgehead atoms. The molecule has 0 amide bonds. The number of benzene rings is 4. The van der Waals surface area contributed by atoms with E-state index in [-0.39, 0.29) is 0 Å². The van der Waals surface area contributed by atoms with Crippen LogP contribution in [0.2, 0.25) is 0 Å². The SMILES string of the molecule is CCCCCCc1ccccc1.c1ccccc1.c1ccccc1.c1ccccc1. The third kappa shape index (κ3) is 17.0. The molecule has 0 N–H and O–H groups in total. The van der Waals surface area contributed by atoms with Crippen molar-refractivity contribution in [2.24, 2.45) is 0 Å². The molecular weight excluding hydrogens is 360 g/mol. The van der Waals surface area contributed by atoms with Crippen molar-refractivity contribution in [3.05, 3.63) is 145 Å². The number of hydrogen-bond acceptors (Lipinski definition) is 0. The van der Waals surface area contributed by atoms with Crippen LogP contribution < -0.4 is 0 Å². The van der Waals surface area contributed by atoms with Gasteiger partial charge in [-0.1, -0.05) is 166 Å². The summed E-state index contributed by atoms with van der Waals surface area (Å²) in [6.07, 6.45) is 6.69. The first-order chi connectivity index (χ1) is 14.9. The highest BCUT2D eigenvalue weighted by atomic mass is 14.0. The van der Waals surface area contributed by atoms with E-state index in [1.165, 1.54) is 37.7 Å². The van der Waals surface area contributed by atoms with Crippen molar-refractivity contribution in [3.8, 4) is 0 Å². The molecule has 0 aromatic heterocycles. The van der Waals surface area contributed by atoms with Gasteiger partial charge in [-0.3, -0.25) is 0 Å². The summed E-state index contributed by atoms with van der Waals surface area (Å²) in [5.41, 5.74) is 1.48. The molecule has 0 aliphatic rings. The second-order valence-corrected chi connectivity index (χ2v) is 6.76. The smallest absolute Gasteiger partial charge is 0.0279 e. The Morgan fingerprint density at radius 1 is 0.367 bits per heavy atom. The van der Waals surface area contributed by atoms with Gasteiger partial charge in [0.25, 0.3) is 0 Å². The minimum absolute atomic E-state index is 1.25. The molecule has 0 spiro atoms. The quantitative estimate of drug-likeness (QED) is 0.295. The van der Waals surface area contributed by atoms with Crippen LogP contribution in [0.4, 0.5) is 0 Å². The van der Waals surface area contributed by atoms with Gasteiger partial charge in [-0.25, -0.2) is 0 Å². The summed E-state index contributed by atoms with van der Waals surface area (Å²) < 4.78 is 0. The fraction of sp³-hybridized carbons (Fsp3) is 0.200. The van der Waals surface area contributed by atoms with Gasteiger partial charge in [-0.05, 0) is 18.4 Å². The Bertz CT molecular complexity index is 610. The van der Waals surface area contributed by atoms with Gasteiger partial charge in [0.05, 0.1) is 0 Å². The molecule has 0 nitrogen and oxygen atoms in total. The molecule has 0 aliphatic carbocycles. The second-order valence-electron chi connectivity index (χ2n) is 6.76. The lowest BCUT2D eigenvalue weighted by Gasteiger charge is -1.99. The zero-order chi connectivity index (χ0) is 21.4. The first-order valence-electron chi connectivity index (χ1n) is 11.0. The maximum Gasteiger partial charge on any atom is -0.0279 e. The van der Waals surface area contributed by atoms with Gasteiger partial charge in [-0.2, -0.15) is 0 Å². The van der Waals surface area contributed by atoms with Crippen molar-refractivity contribution >= 4 is 0 Å². The van der Waals surface area contributed by atoms with Crippen molar-refractivity contribution < 1.29 is 0 Å². The number of aryl methyl sites for hydroxylation is 1. The Morgan fingerprint density at radius 3 is 0.967 bits per heavy atom. The molecule has 0 heterocycles. The van der Waals surface area contributed by atoms with Crippen molar-refractivity contribution in [3.63, 3.8) is 0 Å². The van der Waals surface area contributed by atoms with Gasteiger partial charge < -0.3 is 0 Å². The van der Waals surface area contributed by atoms with Crippen LogP contribution in [0.25, 0.3) is 0 Å². The summed E-state index contributed by atoms with van der Waals surface area (Å²) in [5.74, 6) is 0. The Morgan fingerprint density at radius 2 is 0.667 bits per heavy atom. The highest BCUT2D eigenvalue weighted by Gasteiger charge is 1.90. The zero-order valence-corrected chi connectivity index (χ0v) is 18.3. The molecule has 0 aliphatic heterocycles. The third-order valence-corrected chi connectivity index (χ3v) is 4.16. The summed E-state index contributed by atoms with van der Waals surface area (Å²) in [5, 5.41) is 0. The van der Waals surface area contributed by atoms with E-state index < -0.39 is 0 Å². The van der Waals surface area contributed by atoms with Crippen molar-refractivity contribution in [1.29, 1.82) is 0 Å². The Hall–Kier alpha value is -3.12. The first kappa shape index (κ1) is 24.9. The highest BCUT2D eigenvalue weighted by Crippen LogP contribution is 2.06. The van der Waals surface area contributed by atoms with Gasteiger partial charge in [0.1, 0.15) is 0 Å². The summed E-state index contributed by atoms with van der Waals surface area (Å²) in [6.45, 7) is 2.25. The van der Waals surface area contributed by atoms with E-state index in [2.05, 4.69) is 37.3 Å². The fourth-order valence-corrected chi connectivity index (χ4v) is 2.56. The molecule has 0 unspecified atom stereocenters. The Labute approximate surface area is 184 Å². The molecule has 4 rings (SSSR count). The van der Waals surface area contributed by atoms with Crippen molar-refractivity contribution in [2.75, 3.05) is 0 Å². The van der Waals surface area contributed by atoms with E-state index in [4.69, 9.17) is 0 Å². The normalized spacial score (nSPS) is 8.83. The topological polar surface area (TPSA) is 0 Å². The van der Waals surface area contributed by atoms with Crippen LogP contribution in [0.3, 0.4) is 0 Å². The van der Waals surface area contributed by atoms with Gasteiger partial charge >= 0.3 is 0 Å². The minimum Gasteiger partial charge on any atom is -0.0654 e. The van der Waals surface area contributed by atoms with Gasteiger partial charge in [0.15, 0.2) is 0 Å². The molecule has 4 aromatic carbocycles. The molecule has 0 heteroatoms. The molecule has 4 aromatic rings. The lowest BCUT2D eigenvalue weighted by Crippen LogP contribution is -1.84. The molecule has 0 saturated carbocycles. The summed E-state index contributed by atoms with van der Waals surface area (Å²) in [6, 6.07) is 46.7. The predicted octanol–water partition coefficient (Wildman–Crippen LogP) is 8.87. The first-order valence-corrected chi connectivity index (χ1v) is 11.0.